The highest BCUT2D eigenvalue weighted by atomic mass is 16.5. The number of hydrogen-bond acceptors (Lipinski definition) is 7. The van der Waals surface area contributed by atoms with E-state index in [0.29, 0.717) is 23.8 Å². The summed E-state index contributed by atoms with van der Waals surface area (Å²) in [5, 5.41) is 10.6. The summed E-state index contributed by atoms with van der Waals surface area (Å²) in [5.74, 6) is 0.724. The highest BCUT2D eigenvalue weighted by molar-refractivity contribution is 5.99. The molecule has 0 aliphatic carbocycles. The third kappa shape index (κ3) is 4.37. The van der Waals surface area contributed by atoms with Crippen molar-refractivity contribution in [1.82, 2.24) is 14.9 Å². The van der Waals surface area contributed by atoms with Crippen molar-refractivity contribution in [2.45, 2.75) is 39.8 Å². The van der Waals surface area contributed by atoms with Crippen LogP contribution < -0.4 is 10.5 Å². The van der Waals surface area contributed by atoms with Gasteiger partial charge < -0.3 is 19.7 Å². The molecule has 5 rings (SSSR count). The molecule has 184 valence electrons. The number of nitrogens with two attached hydrogens (primary N) is 1. The van der Waals surface area contributed by atoms with Crippen LogP contribution in [0.1, 0.15) is 38.1 Å². The molecule has 0 spiro atoms. The second-order valence-electron chi connectivity index (χ2n) is 8.85. The quantitative estimate of drug-likeness (QED) is 0.282. The van der Waals surface area contributed by atoms with Gasteiger partial charge in [0.25, 0.3) is 0 Å². The average molecular weight is 485 g/mol. The first kappa shape index (κ1) is 23.4. The van der Waals surface area contributed by atoms with Crippen LogP contribution in [-0.2, 0) is 22.6 Å². The minimum Gasteiger partial charge on any atom is -0.487 e. The summed E-state index contributed by atoms with van der Waals surface area (Å²) >= 11 is 0. The van der Waals surface area contributed by atoms with Gasteiger partial charge in [-0.2, -0.15) is 5.10 Å². The Hall–Kier alpha value is -4.33. The van der Waals surface area contributed by atoms with E-state index < -0.39 is 0 Å². The number of esters is 1. The Balaban J connectivity index is 1.51. The fourth-order valence-corrected chi connectivity index (χ4v) is 4.39. The molecule has 5 aromatic rings. The van der Waals surface area contributed by atoms with Crippen LogP contribution in [0.4, 0.5) is 5.82 Å². The van der Waals surface area contributed by atoms with E-state index in [1.807, 2.05) is 47.1 Å². The van der Waals surface area contributed by atoms with Gasteiger partial charge in [-0.3, -0.25) is 9.48 Å². The van der Waals surface area contributed by atoms with E-state index in [2.05, 4.69) is 37.2 Å². The SMILES string of the molecule is CCOC(=O)Cc1ccccc1OCc1nn(C(C)C)c2ccc(-c3cccc4c(N)noc34)cc12. The van der Waals surface area contributed by atoms with Crippen LogP contribution in [0.15, 0.2) is 65.2 Å². The molecule has 0 radical (unpaired) electrons. The summed E-state index contributed by atoms with van der Waals surface area (Å²) in [5.41, 5.74) is 11.1. The lowest BCUT2D eigenvalue weighted by atomic mass is 10.0. The number of rotatable bonds is 8. The molecule has 8 heteroatoms. The first-order valence-corrected chi connectivity index (χ1v) is 12.0. The zero-order valence-corrected chi connectivity index (χ0v) is 20.5. The van der Waals surface area contributed by atoms with Crippen molar-refractivity contribution in [1.29, 1.82) is 0 Å². The van der Waals surface area contributed by atoms with Gasteiger partial charge in [-0.15, -0.1) is 0 Å². The van der Waals surface area contributed by atoms with E-state index in [0.717, 1.165) is 38.7 Å². The minimum absolute atomic E-state index is 0.152. The van der Waals surface area contributed by atoms with Gasteiger partial charge in [-0.25, -0.2) is 0 Å². The number of para-hydroxylation sites is 2. The number of benzene rings is 3. The van der Waals surface area contributed by atoms with Crippen LogP contribution in [0.25, 0.3) is 33.0 Å². The van der Waals surface area contributed by atoms with Gasteiger partial charge in [0.1, 0.15) is 18.1 Å². The van der Waals surface area contributed by atoms with Crippen molar-refractivity contribution in [2.24, 2.45) is 0 Å². The maximum Gasteiger partial charge on any atom is 0.310 e. The second-order valence-corrected chi connectivity index (χ2v) is 8.85. The molecule has 0 amide bonds. The van der Waals surface area contributed by atoms with Crippen LogP contribution >= 0.6 is 0 Å². The van der Waals surface area contributed by atoms with Crippen molar-refractivity contribution in [3.05, 3.63) is 71.9 Å². The highest BCUT2D eigenvalue weighted by Crippen LogP contribution is 2.34. The Bertz CT molecular complexity index is 1550. The third-order valence-electron chi connectivity index (χ3n) is 6.09. The number of nitrogen functional groups attached to an aromatic ring is 1. The van der Waals surface area contributed by atoms with Crippen LogP contribution in [0, 0.1) is 0 Å². The van der Waals surface area contributed by atoms with Crippen LogP contribution in [-0.4, -0.2) is 27.5 Å². The Kier molecular flexibility index (Phi) is 6.33. The number of fused-ring (bicyclic) bond motifs is 2. The minimum atomic E-state index is -0.282. The van der Waals surface area contributed by atoms with Crippen LogP contribution in [0.2, 0.25) is 0 Å². The lowest BCUT2D eigenvalue weighted by molar-refractivity contribution is -0.142. The Morgan fingerprint density at radius 1 is 1.08 bits per heavy atom. The maximum absolute atomic E-state index is 12.0. The summed E-state index contributed by atoms with van der Waals surface area (Å²) in [4.78, 5) is 12.0. The summed E-state index contributed by atoms with van der Waals surface area (Å²) in [6, 6.07) is 19.7. The van der Waals surface area contributed by atoms with Crippen molar-refractivity contribution >= 4 is 33.7 Å². The molecule has 3 aromatic carbocycles. The number of ether oxygens (including phenoxy) is 2. The maximum atomic E-state index is 12.0. The molecule has 0 saturated heterocycles. The lowest BCUT2D eigenvalue weighted by Gasteiger charge is -2.10. The molecule has 8 nitrogen and oxygen atoms in total. The van der Waals surface area contributed by atoms with Crippen molar-refractivity contribution in [3.8, 4) is 16.9 Å². The van der Waals surface area contributed by atoms with E-state index in [4.69, 9.17) is 24.8 Å². The number of carbonyl (C=O) groups is 1. The van der Waals surface area contributed by atoms with Gasteiger partial charge in [0.2, 0.25) is 0 Å². The predicted octanol–water partition coefficient (Wildman–Crippen LogP) is 5.69. The molecule has 0 saturated carbocycles. The fourth-order valence-electron chi connectivity index (χ4n) is 4.39. The molecule has 2 aromatic heterocycles. The van der Waals surface area contributed by atoms with Gasteiger partial charge in [0, 0.05) is 22.6 Å². The first-order valence-electron chi connectivity index (χ1n) is 12.0. The predicted molar refractivity (Wildman–Crippen MR) is 139 cm³/mol. The van der Waals surface area contributed by atoms with Crippen LogP contribution in [0.5, 0.6) is 5.75 Å². The molecule has 36 heavy (non-hydrogen) atoms. The Labute approximate surface area is 208 Å². The topological polar surface area (TPSA) is 105 Å². The zero-order valence-electron chi connectivity index (χ0n) is 20.5. The lowest BCUT2D eigenvalue weighted by Crippen LogP contribution is -2.09. The fraction of sp³-hybridized carbons (Fsp3) is 0.250. The molecule has 0 fully saturated rings. The summed E-state index contributed by atoms with van der Waals surface area (Å²) in [7, 11) is 0. The number of anilines is 1. The number of aromatic nitrogens is 3. The van der Waals surface area contributed by atoms with E-state index in [1.165, 1.54) is 0 Å². The molecule has 0 unspecified atom stereocenters. The largest absolute Gasteiger partial charge is 0.487 e. The molecule has 0 bridgehead atoms. The molecule has 2 N–H and O–H groups in total. The molecular weight excluding hydrogens is 456 g/mol. The number of hydrogen-bond donors (Lipinski definition) is 1. The number of carbonyl (C=O) groups excluding carboxylic acids is 1. The van der Waals surface area contributed by atoms with Gasteiger partial charge >= 0.3 is 5.97 Å². The monoisotopic (exact) mass is 484 g/mol. The molecule has 0 aliphatic heterocycles. The smallest absolute Gasteiger partial charge is 0.310 e. The first-order chi connectivity index (χ1) is 17.5. The van der Waals surface area contributed by atoms with Gasteiger partial charge in [0.05, 0.1) is 23.9 Å². The third-order valence-corrected chi connectivity index (χ3v) is 6.09. The highest BCUT2D eigenvalue weighted by Gasteiger charge is 2.18. The van der Waals surface area contributed by atoms with E-state index in [1.54, 1.807) is 6.92 Å². The summed E-state index contributed by atoms with van der Waals surface area (Å²) in [6.45, 7) is 6.58. The van der Waals surface area contributed by atoms with E-state index >= 15 is 0 Å². The Morgan fingerprint density at radius 2 is 1.92 bits per heavy atom. The van der Waals surface area contributed by atoms with E-state index in [9.17, 15) is 4.79 Å². The van der Waals surface area contributed by atoms with Gasteiger partial charge in [0.15, 0.2) is 11.4 Å². The molecule has 0 aliphatic rings. The average Bonchev–Trinajstić information content (AvgIpc) is 3.44. The molecule has 0 atom stereocenters. The number of nitrogens with zero attached hydrogens (tertiary/aromatic N) is 3. The van der Waals surface area contributed by atoms with Gasteiger partial charge in [-0.1, -0.05) is 41.6 Å². The molecular formula is C28H28N4O4. The van der Waals surface area contributed by atoms with Gasteiger partial charge in [-0.05, 0) is 50.6 Å². The second kappa shape index (κ2) is 9.73. The van der Waals surface area contributed by atoms with E-state index in [-0.39, 0.29) is 25.0 Å². The Morgan fingerprint density at radius 3 is 2.72 bits per heavy atom. The zero-order chi connectivity index (χ0) is 25.2. The standard InChI is InChI=1S/C28H28N4O4/c1-4-34-26(33)15-19-8-5-6-11-25(19)35-16-23-22-14-18(12-13-24(22)32(30-23)17(2)3)20-9-7-10-21-27(20)36-31-28(21)29/h5-14,17H,4,15-16H2,1-3H3,(H2,29,31). The van der Waals surface area contributed by atoms with Crippen molar-refractivity contribution < 1.29 is 18.8 Å². The van der Waals surface area contributed by atoms with Crippen molar-refractivity contribution in [2.75, 3.05) is 12.3 Å². The molecule has 2 heterocycles. The van der Waals surface area contributed by atoms with Crippen molar-refractivity contribution in [3.63, 3.8) is 0 Å². The van der Waals surface area contributed by atoms with Crippen LogP contribution in [0.3, 0.4) is 0 Å². The summed E-state index contributed by atoms with van der Waals surface area (Å²) in [6.07, 6.45) is 0.152. The summed E-state index contributed by atoms with van der Waals surface area (Å²) < 4.78 is 18.8. The normalized spacial score (nSPS) is 11.4.